The summed E-state index contributed by atoms with van der Waals surface area (Å²) in [6.45, 7) is 0. The van der Waals surface area contributed by atoms with E-state index in [2.05, 4.69) is 6.07 Å². The summed E-state index contributed by atoms with van der Waals surface area (Å²) >= 11 is 0. The molecule has 2 saturated carbocycles. The lowest BCUT2D eigenvalue weighted by molar-refractivity contribution is 0.0600. The number of esters is 1. The van der Waals surface area contributed by atoms with E-state index in [4.69, 9.17) is 9.47 Å². The number of methoxy groups -OCH3 is 1. The number of fused-ring (bicyclic) bond motifs is 7. The number of benzene rings is 1. The predicted molar refractivity (Wildman–Crippen MR) is 65.8 cm³/mol. The molecule has 0 spiro atoms. The molecule has 3 aliphatic rings. The van der Waals surface area contributed by atoms with Crippen LogP contribution in [0.2, 0.25) is 0 Å². The summed E-state index contributed by atoms with van der Waals surface area (Å²) in [6.07, 6.45) is 4.34. The molecular weight excluding hydrogens is 228 g/mol. The molecule has 0 aromatic heterocycles. The van der Waals surface area contributed by atoms with Crippen LogP contribution in [0, 0.1) is 11.8 Å². The predicted octanol–water partition coefficient (Wildman–Crippen LogP) is 2.75. The third kappa shape index (κ3) is 1.22. The Morgan fingerprint density at radius 3 is 3.00 bits per heavy atom. The fourth-order valence-corrected chi connectivity index (χ4v) is 4.14. The molecule has 1 aliphatic heterocycles. The lowest BCUT2D eigenvalue weighted by Crippen LogP contribution is -2.25. The maximum atomic E-state index is 11.5. The minimum absolute atomic E-state index is 0.290. The minimum Gasteiger partial charge on any atom is -0.489 e. The van der Waals surface area contributed by atoms with Gasteiger partial charge in [-0.1, -0.05) is 6.07 Å². The van der Waals surface area contributed by atoms with Crippen LogP contribution >= 0.6 is 0 Å². The van der Waals surface area contributed by atoms with Crippen molar-refractivity contribution in [3.63, 3.8) is 0 Å². The molecule has 4 atom stereocenters. The largest absolute Gasteiger partial charge is 0.489 e. The van der Waals surface area contributed by atoms with Gasteiger partial charge in [0.15, 0.2) is 0 Å². The average molecular weight is 244 g/mol. The van der Waals surface area contributed by atoms with Gasteiger partial charge in [0, 0.05) is 11.5 Å². The minimum atomic E-state index is -0.290. The number of ether oxygens (including phenoxy) is 2. The van der Waals surface area contributed by atoms with E-state index in [1.165, 1.54) is 31.9 Å². The van der Waals surface area contributed by atoms with Crippen LogP contribution in [0.4, 0.5) is 0 Å². The first-order valence-corrected chi connectivity index (χ1v) is 6.67. The van der Waals surface area contributed by atoms with Crippen molar-refractivity contribution in [3.8, 4) is 5.75 Å². The monoisotopic (exact) mass is 244 g/mol. The van der Waals surface area contributed by atoms with Crippen LogP contribution in [0.5, 0.6) is 5.75 Å². The second-order valence-electron chi connectivity index (χ2n) is 5.69. The fraction of sp³-hybridized carbons (Fsp3) is 0.533. The van der Waals surface area contributed by atoms with Gasteiger partial charge in [-0.15, -0.1) is 0 Å². The van der Waals surface area contributed by atoms with Crippen LogP contribution < -0.4 is 4.74 Å². The number of carbonyl (C=O) groups excluding carboxylic acids is 1. The molecule has 2 aliphatic carbocycles. The van der Waals surface area contributed by atoms with Crippen molar-refractivity contribution in [2.45, 2.75) is 31.3 Å². The number of hydrogen-bond donors (Lipinski definition) is 0. The normalized spacial score (nSPS) is 34.9. The Labute approximate surface area is 106 Å². The molecule has 1 aromatic rings. The van der Waals surface area contributed by atoms with Gasteiger partial charge in [0.1, 0.15) is 11.9 Å². The van der Waals surface area contributed by atoms with Crippen molar-refractivity contribution in [3.05, 3.63) is 29.3 Å². The van der Waals surface area contributed by atoms with Crippen LogP contribution in [0.15, 0.2) is 18.2 Å². The SMILES string of the molecule is COC(=O)c1ccc2c(c1)O[C@@H]1[C@H]3CC[C@H](C3)[C@H]21. The lowest BCUT2D eigenvalue weighted by Gasteiger charge is -2.23. The summed E-state index contributed by atoms with van der Waals surface area (Å²) in [5, 5.41) is 0. The highest BCUT2D eigenvalue weighted by Gasteiger charge is 2.53. The summed E-state index contributed by atoms with van der Waals surface area (Å²) in [4.78, 5) is 11.5. The quantitative estimate of drug-likeness (QED) is 0.712. The first kappa shape index (κ1) is 10.4. The van der Waals surface area contributed by atoms with Crippen LogP contribution in [-0.2, 0) is 4.74 Å². The molecule has 94 valence electrons. The molecular formula is C15H16O3. The summed E-state index contributed by atoms with van der Waals surface area (Å²) < 4.78 is 10.8. The summed E-state index contributed by atoms with van der Waals surface area (Å²) in [6, 6.07) is 5.77. The zero-order chi connectivity index (χ0) is 12.3. The van der Waals surface area contributed by atoms with Crippen LogP contribution in [0.1, 0.15) is 41.1 Å². The Morgan fingerprint density at radius 1 is 1.33 bits per heavy atom. The number of hydrogen-bond acceptors (Lipinski definition) is 3. The van der Waals surface area contributed by atoms with E-state index < -0.39 is 0 Å². The van der Waals surface area contributed by atoms with E-state index in [1.807, 2.05) is 12.1 Å². The first-order chi connectivity index (χ1) is 8.78. The van der Waals surface area contributed by atoms with Gasteiger partial charge in [0.25, 0.3) is 0 Å². The van der Waals surface area contributed by atoms with Gasteiger partial charge in [-0.2, -0.15) is 0 Å². The molecule has 1 aromatic carbocycles. The molecule has 0 N–H and O–H groups in total. The van der Waals surface area contributed by atoms with Crippen molar-refractivity contribution in [2.75, 3.05) is 7.11 Å². The van der Waals surface area contributed by atoms with Crippen molar-refractivity contribution in [2.24, 2.45) is 11.8 Å². The molecule has 0 saturated heterocycles. The van der Waals surface area contributed by atoms with Gasteiger partial charge in [0.05, 0.1) is 12.7 Å². The van der Waals surface area contributed by atoms with Gasteiger partial charge < -0.3 is 9.47 Å². The highest BCUT2D eigenvalue weighted by Crippen LogP contribution is 2.59. The molecule has 2 fully saturated rings. The highest BCUT2D eigenvalue weighted by atomic mass is 16.5. The Bertz CT molecular complexity index is 522. The van der Waals surface area contributed by atoms with E-state index >= 15 is 0 Å². The molecule has 1 heterocycles. The zero-order valence-corrected chi connectivity index (χ0v) is 10.4. The summed E-state index contributed by atoms with van der Waals surface area (Å²) in [5.41, 5.74) is 1.89. The molecule has 4 rings (SSSR count). The van der Waals surface area contributed by atoms with Crippen molar-refractivity contribution in [1.82, 2.24) is 0 Å². The first-order valence-electron chi connectivity index (χ1n) is 6.67. The third-order valence-corrected chi connectivity index (χ3v) is 4.90. The second kappa shape index (κ2) is 3.50. The molecule has 0 amide bonds. The molecule has 0 radical (unpaired) electrons. The van der Waals surface area contributed by atoms with E-state index in [0.717, 1.165) is 17.6 Å². The van der Waals surface area contributed by atoms with E-state index in [-0.39, 0.29) is 5.97 Å². The van der Waals surface area contributed by atoms with Gasteiger partial charge in [-0.3, -0.25) is 0 Å². The molecule has 3 nitrogen and oxygen atoms in total. The number of carbonyl (C=O) groups is 1. The summed E-state index contributed by atoms with van der Waals surface area (Å²) in [7, 11) is 1.41. The molecule has 0 unspecified atom stereocenters. The Balaban J connectivity index is 1.73. The van der Waals surface area contributed by atoms with Gasteiger partial charge in [-0.05, 0) is 43.2 Å². The standard InChI is InChI=1S/C15H16O3/c1-17-15(16)10-4-5-11-12(7-10)18-14-9-3-2-8(6-9)13(11)14/h4-5,7-9,13-14H,2-3,6H2,1H3/t8-,9+,13-,14-/m1/s1. The second-order valence-corrected chi connectivity index (χ2v) is 5.69. The molecule has 2 bridgehead atoms. The number of rotatable bonds is 1. The smallest absolute Gasteiger partial charge is 0.337 e. The molecule has 18 heavy (non-hydrogen) atoms. The van der Waals surface area contributed by atoms with Crippen molar-refractivity contribution < 1.29 is 14.3 Å². The van der Waals surface area contributed by atoms with Crippen molar-refractivity contribution >= 4 is 5.97 Å². The van der Waals surface area contributed by atoms with Crippen LogP contribution in [-0.4, -0.2) is 19.2 Å². The zero-order valence-electron chi connectivity index (χ0n) is 10.4. The van der Waals surface area contributed by atoms with Crippen LogP contribution in [0.3, 0.4) is 0 Å². The average Bonchev–Trinajstić information content (AvgIpc) is 3.07. The Kier molecular flexibility index (Phi) is 2.02. The lowest BCUT2D eigenvalue weighted by atomic mass is 9.83. The van der Waals surface area contributed by atoms with Gasteiger partial charge in [0.2, 0.25) is 0 Å². The summed E-state index contributed by atoms with van der Waals surface area (Å²) in [5.74, 6) is 2.72. The Morgan fingerprint density at radius 2 is 2.17 bits per heavy atom. The van der Waals surface area contributed by atoms with Crippen LogP contribution in [0.25, 0.3) is 0 Å². The maximum absolute atomic E-state index is 11.5. The van der Waals surface area contributed by atoms with E-state index in [9.17, 15) is 4.79 Å². The third-order valence-electron chi connectivity index (χ3n) is 4.90. The van der Waals surface area contributed by atoms with E-state index in [1.54, 1.807) is 0 Å². The topological polar surface area (TPSA) is 35.5 Å². The van der Waals surface area contributed by atoms with Gasteiger partial charge in [-0.25, -0.2) is 4.79 Å². The molecule has 3 heteroatoms. The van der Waals surface area contributed by atoms with E-state index in [0.29, 0.717) is 17.6 Å². The van der Waals surface area contributed by atoms with Gasteiger partial charge >= 0.3 is 5.97 Å². The highest BCUT2D eigenvalue weighted by molar-refractivity contribution is 5.90. The van der Waals surface area contributed by atoms with Crippen molar-refractivity contribution in [1.29, 1.82) is 0 Å². The fourth-order valence-electron chi connectivity index (χ4n) is 4.14. The Hall–Kier alpha value is -1.51. The maximum Gasteiger partial charge on any atom is 0.337 e.